The van der Waals surface area contributed by atoms with Crippen molar-refractivity contribution >= 4 is 40.7 Å². The zero-order chi connectivity index (χ0) is 16.7. The maximum absolute atomic E-state index is 12.2. The summed E-state index contributed by atoms with van der Waals surface area (Å²) in [6.07, 6.45) is 0.874. The van der Waals surface area contributed by atoms with E-state index in [1.165, 1.54) is 0 Å². The summed E-state index contributed by atoms with van der Waals surface area (Å²) in [5.74, 6) is -0.361. The number of nitrogens with zero attached hydrogens (tertiary/aromatic N) is 1. The summed E-state index contributed by atoms with van der Waals surface area (Å²) in [6.45, 7) is 4.49. The van der Waals surface area contributed by atoms with Gasteiger partial charge in [0.1, 0.15) is 0 Å². The van der Waals surface area contributed by atoms with Gasteiger partial charge in [-0.15, -0.1) is 0 Å². The van der Waals surface area contributed by atoms with E-state index in [9.17, 15) is 9.59 Å². The van der Waals surface area contributed by atoms with E-state index in [0.717, 1.165) is 6.42 Å². The average molecular weight is 346 g/mol. The third-order valence-electron chi connectivity index (χ3n) is 3.19. The third-order valence-corrected chi connectivity index (χ3v) is 3.76. The van der Waals surface area contributed by atoms with Crippen molar-refractivity contribution in [3.8, 4) is 0 Å². The quantitative estimate of drug-likeness (QED) is 0.798. The van der Waals surface area contributed by atoms with Gasteiger partial charge in [0.15, 0.2) is 0 Å². The molecule has 0 aliphatic rings. The van der Waals surface area contributed by atoms with Crippen molar-refractivity contribution in [3.63, 3.8) is 0 Å². The number of carbonyl (C=O) groups is 2. The number of anilines is 1. The number of likely N-dealkylation sites (N-methyl/N-ethyl adjacent to an activating group) is 1. The molecular weight excluding hydrogens is 325 g/mol. The van der Waals surface area contributed by atoms with Gasteiger partial charge in [-0.25, -0.2) is 0 Å². The first-order valence-corrected chi connectivity index (χ1v) is 7.83. The Morgan fingerprint density at radius 2 is 2.00 bits per heavy atom. The highest BCUT2D eigenvalue weighted by Crippen LogP contribution is 2.25. The van der Waals surface area contributed by atoms with Crippen LogP contribution in [0, 0.1) is 0 Å². The largest absolute Gasteiger partial charge is 0.355 e. The Balaban J connectivity index is 2.60. The van der Waals surface area contributed by atoms with Crippen LogP contribution in [0.2, 0.25) is 10.0 Å². The van der Waals surface area contributed by atoms with Crippen molar-refractivity contribution in [1.82, 2.24) is 10.2 Å². The molecule has 0 fully saturated rings. The van der Waals surface area contributed by atoms with Crippen molar-refractivity contribution in [2.24, 2.45) is 0 Å². The summed E-state index contributed by atoms with van der Waals surface area (Å²) in [6, 6.07) is 4.37. The molecular formula is C15H21Cl2N3O2. The third kappa shape index (κ3) is 5.83. The number of amides is 2. The normalized spacial score (nSPS) is 12.1. The molecule has 0 spiro atoms. The predicted molar refractivity (Wildman–Crippen MR) is 90.5 cm³/mol. The summed E-state index contributed by atoms with van der Waals surface area (Å²) < 4.78 is 0. The summed E-state index contributed by atoms with van der Waals surface area (Å²) >= 11 is 11.9. The molecule has 0 aliphatic carbocycles. The minimum atomic E-state index is -0.484. The van der Waals surface area contributed by atoms with Crippen LogP contribution < -0.4 is 10.6 Å². The molecule has 22 heavy (non-hydrogen) atoms. The molecule has 0 radical (unpaired) electrons. The first-order chi connectivity index (χ1) is 10.3. The number of hydrogen-bond acceptors (Lipinski definition) is 3. The summed E-state index contributed by atoms with van der Waals surface area (Å²) in [7, 11) is 1.72. The Hall–Kier alpha value is -1.30. The lowest BCUT2D eigenvalue weighted by Crippen LogP contribution is -2.44. The zero-order valence-electron chi connectivity index (χ0n) is 13.0. The van der Waals surface area contributed by atoms with E-state index in [1.807, 2.05) is 6.92 Å². The number of hydrogen-bond donors (Lipinski definition) is 2. The molecule has 1 aromatic rings. The smallest absolute Gasteiger partial charge is 0.241 e. The molecule has 122 valence electrons. The zero-order valence-corrected chi connectivity index (χ0v) is 14.5. The number of halogens is 2. The molecule has 1 atom stereocenters. The molecule has 0 heterocycles. The average Bonchev–Trinajstić information content (AvgIpc) is 2.47. The van der Waals surface area contributed by atoms with Crippen molar-refractivity contribution in [1.29, 1.82) is 0 Å². The van der Waals surface area contributed by atoms with E-state index in [-0.39, 0.29) is 18.4 Å². The van der Waals surface area contributed by atoms with Crippen molar-refractivity contribution in [2.75, 3.05) is 25.5 Å². The SMILES string of the molecule is CCCNC(=O)CN(C)[C@@H](C)C(=O)Nc1cc(Cl)ccc1Cl. The predicted octanol–water partition coefficient (Wildman–Crippen LogP) is 2.78. The molecule has 0 unspecified atom stereocenters. The van der Waals surface area contributed by atoms with Crippen LogP contribution >= 0.6 is 23.2 Å². The van der Waals surface area contributed by atoms with Crippen LogP contribution in [-0.2, 0) is 9.59 Å². The molecule has 1 rings (SSSR count). The number of carbonyl (C=O) groups excluding carboxylic acids is 2. The van der Waals surface area contributed by atoms with E-state index in [1.54, 1.807) is 37.1 Å². The van der Waals surface area contributed by atoms with Crippen LogP contribution in [0.1, 0.15) is 20.3 Å². The Morgan fingerprint density at radius 3 is 2.64 bits per heavy atom. The number of benzene rings is 1. The number of nitrogens with one attached hydrogen (secondary N) is 2. The maximum atomic E-state index is 12.2. The maximum Gasteiger partial charge on any atom is 0.241 e. The lowest BCUT2D eigenvalue weighted by molar-refractivity contribution is -0.124. The molecule has 1 aromatic carbocycles. The Bertz CT molecular complexity index is 538. The van der Waals surface area contributed by atoms with Gasteiger partial charge in [0, 0.05) is 11.6 Å². The summed E-state index contributed by atoms with van der Waals surface area (Å²) in [5, 5.41) is 6.39. The van der Waals surface area contributed by atoms with Crippen molar-refractivity contribution in [2.45, 2.75) is 26.3 Å². The fraction of sp³-hybridized carbons (Fsp3) is 0.467. The molecule has 2 N–H and O–H groups in total. The summed E-state index contributed by atoms with van der Waals surface area (Å²) in [4.78, 5) is 25.6. The molecule has 0 aliphatic heterocycles. The van der Waals surface area contributed by atoms with Gasteiger partial charge in [0.05, 0.1) is 23.3 Å². The monoisotopic (exact) mass is 345 g/mol. The van der Waals surface area contributed by atoms with E-state index in [0.29, 0.717) is 22.3 Å². The molecule has 7 heteroatoms. The first kappa shape index (κ1) is 18.7. The fourth-order valence-electron chi connectivity index (χ4n) is 1.71. The fourth-order valence-corrected chi connectivity index (χ4v) is 2.05. The Morgan fingerprint density at radius 1 is 1.32 bits per heavy atom. The summed E-state index contributed by atoms with van der Waals surface area (Å²) in [5.41, 5.74) is 0.454. The van der Waals surface area contributed by atoms with Crippen LogP contribution in [0.5, 0.6) is 0 Å². The highest BCUT2D eigenvalue weighted by atomic mass is 35.5. The van der Waals surface area contributed by atoms with Crippen molar-refractivity contribution < 1.29 is 9.59 Å². The van der Waals surface area contributed by atoms with Crippen LogP contribution in [0.25, 0.3) is 0 Å². The van der Waals surface area contributed by atoms with Gasteiger partial charge in [0.2, 0.25) is 11.8 Å². The van der Waals surface area contributed by atoms with Gasteiger partial charge in [-0.1, -0.05) is 30.1 Å². The highest BCUT2D eigenvalue weighted by molar-refractivity contribution is 6.35. The number of rotatable bonds is 7. The van der Waals surface area contributed by atoms with Crippen molar-refractivity contribution in [3.05, 3.63) is 28.2 Å². The molecule has 2 amide bonds. The lowest BCUT2D eigenvalue weighted by Gasteiger charge is -2.23. The van der Waals surface area contributed by atoms with Gasteiger partial charge in [-0.05, 0) is 38.6 Å². The molecule has 0 saturated heterocycles. The minimum absolute atomic E-state index is 0.107. The van der Waals surface area contributed by atoms with Gasteiger partial charge in [-0.2, -0.15) is 0 Å². The van der Waals surface area contributed by atoms with Gasteiger partial charge in [0.25, 0.3) is 0 Å². The topological polar surface area (TPSA) is 61.4 Å². The van der Waals surface area contributed by atoms with Crippen LogP contribution in [0.4, 0.5) is 5.69 Å². The lowest BCUT2D eigenvalue weighted by atomic mass is 10.2. The first-order valence-electron chi connectivity index (χ1n) is 7.08. The minimum Gasteiger partial charge on any atom is -0.355 e. The van der Waals surface area contributed by atoms with Crippen LogP contribution in [0.3, 0.4) is 0 Å². The molecule has 0 aromatic heterocycles. The van der Waals surface area contributed by atoms with E-state index < -0.39 is 6.04 Å². The molecule has 5 nitrogen and oxygen atoms in total. The van der Waals surface area contributed by atoms with Crippen LogP contribution in [0.15, 0.2) is 18.2 Å². The highest BCUT2D eigenvalue weighted by Gasteiger charge is 2.20. The van der Waals surface area contributed by atoms with Gasteiger partial charge in [-0.3, -0.25) is 14.5 Å². The van der Waals surface area contributed by atoms with E-state index in [4.69, 9.17) is 23.2 Å². The van der Waals surface area contributed by atoms with Gasteiger partial charge < -0.3 is 10.6 Å². The second-order valence-electron chi connectivity index (χ2n) is 5.05. The van der Waals surface area contributed by atoms with Crippen LogP contribution in [-0.4, -0.2) is 42.9 Å². The molecule has 0 saturated carbocycles. The second-order valence-corrected chi connectivity index (χ2v) is 5.90. The van der Waals surface area contributed by atoms with E-state index in [2.05, 4.69) is 10.6 Å². The second kappa shape index (κ2) is 8.98. The van der Waals surface area contributed by atoms with E-state index >= 15 is 0 Å². The molecule has 0 bridgehead atoms. The van der Waals surface area contributed by atoms with Gasteiger partial charge >= 0.3 is 0 Å². The Labute approximate surface area is 141 Å². The standard InChI is InChI=1S/C15H21Cl2N3O2/c1-4-7-18-14(21)9-20(3)10(2)15(22)19-13-8-11(16)5-6-12(13)17/h5-6,8,10H,4,7,9H2,1-3H3,(H,18,21)(H,19,22)/t10-/m0/s1. The Kier molecular flexibility index (Phi) is 7.65.